The first-order valence-corrected chi connectivity index (χ1v) is 7.84. The number of aryl methyl sites for hydroxylation is 1. The Labute approximate surface area is 145 Å². The number of hydrogen-bond donors (Lipinski definition) is 0. The van der Waals surface area contributed by atoms with Gasteiger partial charge in [-0.05, 0) is 42.3 Å². The van der Waals surface area contributed by atoms with Crippen LogP contribution in [-0.2, 0) is 4.79 Å². The van der Waals surface area contributed by atoms with Crippen molar-refractivity contribution in [3.05, 3.63) is 76.4 Å². The molecule has 0 fully saturated rings. The number of benzene rings is 2. The van der Waals surface area contributed by atoms with Crippen molar-refractivity contribution in [3.63, 3.8) is 0 Å². The van der Waals surface area contributed by atoms with Gasteiger partial charge >= 0.3 is 0 Å². The Balaban J connectivity index is 2.07. The number of non-ortho nitro benzene ring substituents is 1. The molecule has 0 saturated heterocycles. The van der Waals surface area contributed by atoms with E-state index in [4.69, 9.17) is 0 Å². The molecule has 1 amide bonds. The number of hydrogen-bond acceptors (Lipinski definition) is 4. The minimum atomic E-state index is -0.451. The highest BCUT2D eigenvalue weighted by Crippen LogP contribution is 2.34. The summed E-state index contributed by atoms with van der Waals surface area (Å²) in [6.45, 7) is 6.09. The lowest BCUT2D eigenvalue weighted by atomic mass is 10.1. The standard InChI is InChI=1S/C19H17N3O3/c1-3-10-21-18-11-13(2)4-9-16(18)20-17(12-19(21)23)14-5-7-15(8-6-14)22(24)25/h3-9,11H,1,10,12H2,2H3. The molecule has 25 heavy (non-hydrogen) atoms. The summed E-state index contributed by atoms with van der Waals surface area (Å²) in [7, 11) is 0. The molecule has 1 heterocycles. The van der Waals surface area contributed by atoms with E-state index in [0.717, 1.165) is 11.3 Å². The number of carbonyl (C=O) groups is 1. The van der Waals surface area contributed by atoms with Crippen molar-refractivity contribution in [2.24, 2.45) is 4.99 Å². The molecule has 2 aromatic rings. The summed E-state index contributed by atoms with van der Waals surface area (Å²) in [5.74, 6) is -0.0821. The van der Waals surface area contributed by atoms with Gasteiger partial charge in [0.2, 0.25) is 5.91 Å². The van der Waals surface area contributed by atoms with E-state index in [1.807, 2.05) is 25.1 Å². The highest BCUT2D eigenvalue weighted by molar-refractivity contribution is 6.17. The van der Waals surface area contributed by atoms with E-state index in [0.29, 0.717) is 23.5 Å². The van der Waals surface area contributed by atoms with E-state index in [1.165, 1.54) is 12.1 Å². The van der Waals surface area contributed by atoms with Gasteiger partial charge < -0.3 is 4.90 Å². The second-order valence-electron chi connectivity index (χ2n) is 5.82. The Morgan fingerprint density at radius 2 is 2.00 bits per heavy atom. The third-order valence-corrected chi connectivity index (χ3v) is 4.02. The molecule has 1 aliphatic rings. The smallest absolute Gasteiger partial charge is 0.269 e. The quantitative estimate of drug-likeness (QED) is 0.482. The van der Waals surface area contributed by atoms with Crippen LogP contribution in [0.2, 0.25) is 0 Å². The van der Waals surface area contributed by atoms with Crippen LogP contribution in [0.15, 0.2) is 60.1 Å². The lowest BCUT2D eigenvalue weighted by Gasteiger charge is -2.21. The minimum Gasteiger partial charge on any atom is -0.306 e. The van der Waals surface area contributed by atoms with Gasteiger partial charge in [0, 0.05) is 18.7 Å². The van der Waals surface area contributed by atoms with Gasteiger partial charge in [0.05, 0.1) is 28.4 Å². The van der Waals surface area contributed by atoms with Gasteiger partial charge in [-0.15, -0.1) is 6.58 Å². The van der Waals surface area contributed by atoms with Crippen LogP contribution in [0.4, 0.5) is 17.1 Å². The van der Waals surface area contributed by atoms with Crippen molar-refractivity contribution < 1.29 is 9.72 Å². The van der Waals surface area contributed by atoms with Gasteiger partial charge in [-0.25, -0.2) is 0 Å². The Morgan fingerprint density at radius 1 is 1.28 bits per heavy atom. The Bertz CT molecular complexity index is 885. The predicted molar refractivity (Wildman–Crippen MR) is 97.6 cm³/mol. The van der Waals surface area contributed by atoms with E-state index in [9.17, 15) is 14.9 Å². The fraction of sp³-hybridized carbons (Fsp3) is 0.158. The number of nitrogens with zero attached hydrogens (tertiary/aromatic N) is 3. The number of anilines is 1. The molecule has 1 aliphatic heterocycles. The highest BCUT2D eigenvalue weighted by Gasteiger charge is 2.24. The second kappa shape index (κ2) is 6.68. The summed E-state index contributed by atoms with van der Waals surface area (Å²) in [4.78, 5) is 29.4. The van der Waals surface area contributed by atoms with Crippen LogP contribution >= 0.6 is 0 Å². The molecule has 126 valence electrons. The lowest BCUT2D eigenvalue weighted by molar-refractivity contribution is -0.384. The highest BCUT2D eigenvalue weighted by atomic mass is 16.6. The zero-order chi connectivity index (χ0) is 18.0. The number of carbonyl (C=O) groups excluding carboxylic acids is 1. The van der Waals surface area contributed by atoms with E-state index < -0.39 is 4.92 Å². The Hall–Kier alpha value is -3.28. The molecule has 0 aromatic heterocycles. The first-order chi connectivity index (χ1) is 12.0. The van der Waals surface area contributed by atoms with E-state index in [2.05, 4.69) is 11.6 Å². The Kier molecular flexibility index (Phi) is 4.43. The monoisotopic (exact) mass is 335 g/mol. The molecule has 6 nitrogen and oxygen atoms in total. The summed E-state index contributed by atoms with van der Waals surface area (Å²) in [6, 6.07) is 11.8. The van der Waals surface area contributed by atoms with Crippen molar-refractivity contribution in [1.82, 2.24) is 0 Å². The van der Waals surface area contributed by atoms with E-state index in [-0.39, 0.29) is 18.0 Å². The van der Waals surface area contributed by atoms with Crippen LogP contribution in [0, 0.1) is 17.0 Å². The van der Waals surface area contributed by atoms with Crippen LogP contribution < -0.4 is 4.90 Å². The SMILES string of the molecule is C=CCN1C(=O)CC(c2ccc([N+](=O)[O-])cc2)=Nc2ccc(C)cc21. The molecule has 0 N–H and O–H groups in total. The van der Waals surface area contributed by atoms with Crippen LogP contribution in [-0.4, -0.2) is 23.1 Å². The van der Waals surface area contributed by atoms with Crippen molar-refractivity contribution in [3.8, 4) is 0 Å². The normalized spacial score (nSPS) is 13.7. The first kappa shape index (κ1) is 16.6. The molecule has 0 saturated carbocycles. The second-order valence-corrected chi connectivity index (χ2v) is 5.82. The molecular formula is C19H17N3O3. The van der Waals surface area contributed by atoms with Gasteiger partial charge in [0.15, 0.2) is 0 Å². The molecule has 3 rings (SSSR count). The molecule has 0 bridgehead atoms. The number of nitro groups is 1. The average molecular weight is 335 g/mol. The van der Waals surface area contributed by atoms with Gasteiger partial charge in [-0.1, -0.05) is 12.1 Å². The fourth-order valence-electron chi connectivity index (χ4n) is 2.77. The van der Waals surface area contributed by atoms with Crippen LogP contribution in [0.25, 0.3) is 0 Å². The largest absolute Gasteiger partial charge is 0.306 e. The molecule has 0 radical (unpaired) electrons. The fourth-order valence-corrected chi connectivity index (χ4v) is 2.77. The maximum absolute atomic E-state index is 12.7. The maximum Gasteiger partial charge on any atom is 0.269 e. The zero-order valence-corrected chi connectivity index (χ0v) is 13.8. The molecular weight excluding hydrogens is 318 g/mol. The van der Waals surface area contributed by atoms with Crippen LogP contribution in [0.3, 0.4) is 0 Å². The maximum atomic E-state index is 12.7. The number of rotatable bonds is 4. The minimum absolute atomic E-state index is 0.00797. The van der Waals surface area contributed by atoms with Gasteiger partial charge in [-0.2, -0.15) is 0 Å². The van der Waals surface area contributed by atoms with Gasteiger partial charge in [0.1, 0.15) is 0 Å². The van der Waals surface area contributed by atoms with Crippen LogP contribution in [0.5, 0.6) is 0 Å². The van der Waals surface area contributed by atoms with E-state index >= 15 is 0 Å². The topological polar surface area (TPSA) is 75.8 Å². The molecule has 6 heteroatoms. The van der Waals surface area contributed by atoms with Crippen molar-refractivity contribution in [2.75, 3.05) is 11.4 Å². The van der Waals surface area contributed by atoms with Crippen molar-refractivity contribution in [1.29, 1.82) is 0 Å². The number of nitro benzene ring substituents is 1. The van der Waals surface area contributed by atoms with Crippen LogP contribution in [0.1, 0.15) is 17.5 Å². The first-order valence-electron chi connectivity index (χ1n) is 7.84. The number of amides is 1. The molecule has 0 atom stereocenters. The number of aliphatic imine (C=N–C) groups is 1. The summed E-state index contributed by atoms with van der Waals surface area (Å²) >= 11 is 0. The van der Waals surface area contributed by atoms with Gasteiger partial charge in [0.25, 0.3) is 5.69 Å². The summed E-state index contributed by atoms with van der Waals surface area (Å²) in [5, 5.41) is 10.8. The molecule has 2 aromatic carbocycles. The summed E-state index contributed by atoms with van der Waals surface area (Å²) < 4.78 is 0. The summed E-state index contributed by atoms with van der Waals surface area (Å²) in [5.41, 5.74) is 3.79. The predicted octanol–water partition coefficient (Wildman–Crippen LogP) is 3.95. The van der Waals surface area contributed by atoms with Gasteiger partial charge in [-0.3, -0.25) is 19.9 Å². The third-order valence-electron chi connectivity index (χ3n) is 4.02. The summed E-state index contributed by atoms with van der Waals surface area (Å²) in [6.07, 6.45) is 1.81. The third kappa shape index (κ3) is 3.33. The zero-order valence-electron chi connectivity index (χ0n) is 13.8. The van der Waals surface area contributed by atoms with Crippen molar-refractivity contribution in [2.45, 2.75) is 13.3 Å². The molecule has 0 aliphatic carbocycles. The lowest BCUT2D eigenvalue weighted by Crippen LogP contribution is -2.31. The van der Waals surface area contributed by atoms with Crippen molar-refractivity contribution >= 4 is 28.7 Å². The number of fused-ring (bicyclic) bond motifs is 1. The molecule has 0 spiro atoms. The van der Waals surface area contributed by atoms with E-state index in [1.54, 1.807) is 23.1 Å². The molecule has 0 unspecified atom stereocenters. The Morgan fingerprint density at radius 3 is 2.64 bits per heavy atom. The average Bonchev–Trinajstić information content (AvgIpc) is 2.73.